The van der Waals surface area contributed by atoms with E-state index in [2.05, 4.69) is 30.3 Å². The van der Waals surface area contributed by atoms with Crippen LogP contribution in [0.4, 0.5) is 16.4 Å². The molecule has 1 aliphatic carbocycles. The Morgan fingerprint density at radius 3 is 2.54 bits per heavy atom. The smallest absolute Gasteiger partial charge is 0.404 e. The molecule has 0 aliphatic heterocycles. The molecular formula is C23H30N6O4S2. The van der Waals surface area contributed by atoms with Gasteiger partial charge in [-0.1, -0.05) is 6.07 Å². The van der Waals surface area contributed by atoms with Crippen molar-refractivity contribution in [3.8, 4) is 10.4 Å². The van der Waals surface area contributed by atoms with Crippen molar-refractivity contribution >= 4 is 39.1 Å². The fourth-order valence-corrected chi connectivity index (χ4v) is 7.07. The molecule has 1 aromatic carbocycles. The van der Waals surface area contributed by atoms with Gasteiger partial charge in [-0.25, -0.2) is 27.9 Å². The molecule has 2 aromatic heterocycles. The summed E-state index contributed by atoms with van der Waals surface area (Å²) in [6.45, 7) is 5.40. The van der Waals surface area contributed by atoms with E-state index in [4.69, 9.17) is 5.11 Å². The zero-order valence-electron chi connectivity index (χ0n) is 19.8. The van der Waals surface area contributed by atoms with Gasteiger partial charge in [0.1, 0.15) is 0 Å². The molecule has 0 saturated heterocycles. The van der Waals surface area contributed by atoms with Crippen LogP contribution in [-0.2, 0) is 10.0 Å². The van der Waals surface area contributed by atoms with Gasteiger partial charge in [-0.05, 0) is 58.6 Å². The number of hydrogen-bond donors (Lipinski definition) is 5. The number of imidazole rings is 1. The van der Waals surface area contributed by atoms with E-state index in [0.717, 1.165) is 35.6 Å². The minimum atomic E-state index is -3.84. The molecule has 35 heavy (non-hydrogen) atoms. The fourth-order valence-electron chi connectivity index (χ4n) is 4.21. The van der Waals surface area contributed by atoms with E-state index in [1.165, 1.54) is 11.3 Å². The molecule has 12 heteroatoms. The van der Waals surface area contributed by atoms with Crippen LogP contribution in [0.15, 0.2) is 41.7 Å². The van der Waals surface area contributed by atoms with Crippen molar-refractivity contribution in [2.45, 2.75) is 68.8 Å². The summed E-state index contributed by atoms with van der Waals surface area (Å²) in [5.41, 5.74) is 0.519. The maximum absolute atomic E-state index is 13.4. The second kappa shape index (κ2) is 9.96. The lowest BCUT2D eigenvalue weighted by molar-refractivity contribution is 0.185. The second-order valence-electron chi connectivity index (χ2n) is 9.69. The van der Waals surface area contributed by atoms with Gasteiger partial charge in [0.25, 0.3) is 0 Å². The highest BCUT2D eigenvalue weighted by Crippen LogP contribution is 2.40. The number of anilines is 2. The molecule has 0 spiro atoms. The summed E-state index contributed by atoms with van der Waals surface area (Å²) in [6.07, 6.45) is 7.21. The number of nitrogens with zero attached hydrogens (tertiary/aromatic N) is 2. The number of sulfonamides is 1. The molecule has 4 rings (SSSR count). The van der Waals surface area contributed by atoms with E-state index in [-0.39, 0.29) is 16.9 Å². The lowest BCUT2D eigenvalue weighted by Gasteiger charge is -2.27. The van der Waals surface area contributed by atoms with Crippen LogP contribution in [0.3, 0.4) is 0 Å². The third-order valence-corrected chi connectivity index (χ3v) is 8.66. The monoisotopic (exact) mass is 518 g/mol. The van der Waals surface area contributed by atoms with Crippen LogP contribution in [0.2, 0.25) is 0 Å². The summed E-state index contributed by atoms with van der Waals surface area (Å²) >= 11 is 1.49. The first-order chi connectivity index (χ1) is 16.5. The molecule has 1 aliphatic rings. The highest BCUT2D eigenvalue weighted by Gasteiger charge is 2.28. The van der Waals surface area contributed by atoms with Crippen LogP contribution >= 0.6 is 11.3 Å². The second-order valence-corrected chi connectivity index (χ2v) is 12.4. The number of nitrogens with one attached hydrogen (secondary N) is 4. The molecule has 0 atom stereocenters. The van der Waals surface area contributed by atoms with Crippen LogP contribution in [0, 0.1) is 0 Å². The molecule has 1 amide bonds. The quantitative estimate of drug-likeness (QED) is 0.306. The Bertz CT molecular complexity index is 1270. The average molecular weight is 519 g/mol. The Morgan fingerprint density at radius 2 is 1.91 bits per heavy atom. The van der Waals surface area contributed by atoms with Crippen molar-refractivity contribution in [1.29, 1.82) is 0 Å². The number of aromatic amines is 1. The number of H-pyrrole nitrogens is 1. The summed E-state index contributed by atoms with van der Waals surface area (Å²) in [7, 11) is -3.84. The summed E-state index contributed by atoms with van der Waals surface area (Å²) in [5, 5.41) is 15.5. The Kier molecular flexibility index (Phi) is 7.15. The fraction of sp³-hybridized carbons (Fsp3) is 0.435. The predicted octanol–water partition coefficient (Wildman–Crippen LogP) is 4.65. The zero-order chi connectivity index (χ0) is 25.2. The van der Waals surface area contributed by atoms with Crippen LogP contribution < -0.4 is 15.4 Å². The van der Waals surface area contributed by atoms with Crippen LogP contribution in [0.1, 0.15) is 57.4 Å². The van der Waals surface area contributed by atoms with Gasteiger partial charge in [-0.15, -0.1) is 11.3 Å². The molecule has 3 aromatic rings. The highest BCUT2D eigenvalue weighted by molar-refractivity contribution is 7.89. The van der Waals surface area contributed by atoms with Crippen LogP contribution in [0.5, 0.6) is 0 Å². The Balaban J connectivity index is 1.63. The zero-order valence-corrected chi connectivity index (χ0v) is 21.5. The van der Waals surface area contributed by atoms with Gasteiger partial charge < -0.3 is 20.7 Å². The summed E-state index contributed by atoms with van der Waals surface area (Å²) in [5.74, 6) is 0.742. The third-order valence-electron chi connectivity index (χ3n) is 5.67. The van der Waals surface area contributed by atoms with Crippen molar-refractivity contribution in [3.05, 3.63) is 41.8 Å². The van der Waals surface area contributed by atoms with E-state index < -0.39 is 21.7 Å². The van der Waals surface area contributed by atoms with Crippen molar-refractivity contribution in [2.75, 3.05) is 5.32 Å². The van der Waals surface area contributed by atoms with Gasteiger partial charge in [0, 0.05) is 47.3 Å². The standard InChI is InChI=1S/C23H30N6O4S2/c1-23(2,3)29-35(32,33)19-12-16(27-21-24-10-11-25-21)8-9-17(19)18-13-26-20(34-18)14-4-6-15(7-5-14)28-22(30)31/h8-15,28-29H,4-7H2,1-3H3,(H,30,31)(H2,24,25,27)/t14-,15-. The third kappa shape index (κ3) is 6.38. The first-order valence-electron chi connectivity index (χ1n) is 11.4. The van der Waals surface area contributed by atoms with E-state index in [9.17, 15) is 13.2 Å². The molecule has 0 radical (unpaired) electrons. The van der Waals surface area contributed by atoms with Crippen LogP contribution in [-0.4, -0.2) is 46.2 Å². The topological polar surface area (TPSA) is 149 Å². The molecule has 1 saturated carbocycles. The molecule has 0 unspecified atom stereocenters. The van der Waals surface area contributed by atoms with Crippen LogP contribution in [0.25, 0.3) is 10.4 Å². The molecule has 10 nitrogen and oxygen atoms in total. The van der Waals surface area contributed by atoms with Crippen molar-refractivity contribution in [2.24, 2.45) is 0 Å². The van der Waals surface area contributed by atoms with Crippen molar-refractivity contribution < 1.29 is 18.3 Å². The summed E-state index contributed by atoms with van der Waals surface area (Å²) < 4.78 is 29.5. The molecule has 188 valence electrons. The first kappa shape index (κ1) is 25.1. The largest absolute Gasteiger partial charge is 0.465 e. The first-order valence-corrected chi connectivity index (χ1v) is 13.7. The lowest BCUT2D eigenvalue weighted by Crippen LogP contribution is -2.40. The van der Waals surface area contributed by atoms with Gasteiger partial charge in [0.15, 0.2) is 0 Å². The van der Waals surface area contributed by atoms with E-state index >= 15 is 0 Å². The Hall–Kier alpha value is -2.96. The number of hydrogen-bond acceptors (Lipinski definition) is 7. The molecule has 0 bridgehead atoms. The average Bonchev–Trinajstić information content (AvgIpc) is 3.45. The molecule has 5 N–H and O–H groups in total. The lowest BCUT2D eigenvalue weighted by atomic mass is 9.86. The number of benzene rings is 1. The van der Waals surface area contributed by atoms with Gasteiger partial charge in [-0.3, -0.25) is 0 Å². The number of carbonyl (C=O) groups is 1. The van der Waals surface area contributed by atoms with E-state index in [1.54, 1.807) is 51.5 Å². The predicted molar refractivity (Wildman–Crippen MR) is 136 cm³/mol. The summed E-state index contributed by atoms with van der Waals surface area (Å²) in [6, 6.07) is 5.18. The maximum Gasteiger partial charge on any atom is 0.404 e. The number of aromatic nitrogens is 3. The maximum atomic E-state index is 13.4. The van der Waals surface area contributed by atoms with Gasteiger partial charge >= 0.3 is 6.09 Å². The number of amides is 1. The minimum Gasteiger partial charge on any atom is -0.465 e. The van der Waals surface area contributed by atoms with E-state index in [1.807, 2.05) is 6.07 Å². The number of rotatable bonds is 7. The molecule has 1 fully saturated rings. The van der Waals surface area contributed by atoms with Gasteiger partial charge in [0.2, 0.25) is 16.0 Å². The van der Waals surface area contributed by atoms with Gasteiger partial charge in [0.05, 0.1) is 14.8 Å². The Labute approximate surface area is 208 Å². The highest BCUT2D eigenvalue weighted by atomic mass is 32.2. The minimum absolute atomic E-state index is 0.0300. The molecule has 2 heterocycles. The van der Waals surface area contributed by atoms with E-state index in [0.29, 0.717) is 17.2 Å². The van der Waals surface area contributed by atoms with Crippen molar-refractivity contribution in [3.63, 3.8) is 0 Å². The summed E-state index contributed by atoms with van der Waals surface area (Å²) in [4.78, 5) is 23.5. The van der Waals surface area contributed by atoms with Crippen molar-refractivity contribution in [1.82, 2.24) is 25.0 Å². The normalized spacial score (nSPS) is 18.8. The SMILES string of the molecule is CC(C)(C)NS(=O)(=O)c1cc(Nc2ncc[nH]2)ccc1-c1cnc([C@H]2CC[C@H](NC(=O)O)CC2)s1. The molecular weight excluding hydrogens is 488 g/mol. The Morgan fingerprint density at radius 1 is 1.17 bits per heavy atom. The number of thiazole rings is 1. The number of carboxylic acid groups (broad SMARTS) is 1. The van der Waals surface area contributed by atoms with Gasteiger partial charge in [-0.2, -0.15) is 0 Å².